The van der Waals surface area contributed by atoms with Crippen LogP contribution in [-0.4, -0.2) is 89.1 Å². The third-order valence-electron chi connectivity index (χ3n) is 9.72. The summed E-state index contributed by atoms with van der Waals surface area (Å²) in [6, 6.07) is 27.1. The smallest absolute Gasteiger partial charge is 0.330 e. The van der Waals surface area contributed by atoms with E-state index in [0.29, 0.717) is 28.2 Å². The number of carbonyl (C=O) groups is 2. The second-order valence-corrected chi connectivity index (χ2v) is 15.8. The van der Waals surface area contributed by atoms with Crippen LogP contribution in [0, 0.1) is 11.3 Å². The third kappa shape index (κ3) is 10.9. The zero-order chi connectivity index (χ0) is 43.4. The number of nitrogens with one attached hydrogen (secondary N) is 1. The van der Waals surface area contributed by atoms with E-state index in [9.17, 15) is 29.5 Å². The van der Waals surface area contributed by atoms with Gasteiger partial charge in [-0.15, -0.1) is 0 Å². The zero-order valence-corrected chi connectivity index (χ0v) is 35.3. The molecule has 1 aliphatic rings. The molecule has 5 rings (SSSR count). The molecule has 0 saturated carbocycles. The number of benzene rings is 3. The van der Waals surface area contributed by atoms with Gasteiger partial charge in [-0.2, -0.15) is 5.26 Å². The maximum absolute atomic E-state index is 13.7. The molecule has 0 bridgehead atoms. The Kier molecular flexibility index (Phi) is 16.2. The summed E-state index contributed by atoms with van der Waals surface area (Å²) < 4.78 is 47.5. The molecule has 0 spiro atoms. The number of carbonyl (C=O) groups excluding carboxylic acids is 1. The lowest BCUT2D eigenvalue weighted by Gasteiger charge is -2.42. The molecule has 2 N–H and O–H groups in total. The van der Waals surface area contributed by atoms with Crippen molar-refractivity contribution in [1.29, 1.82) is 5.26 Å². The molecular formula is C43H51N4O12P. The van der Waals surface area contributed by atoms with Crippen LogP contribution in [0.4, 0.5) is 0 Å². The molecule has 1 fully saturated rings. The predicted octanol–water partition coefficient (Wildman–Crippen LogP) is 5.90. The van der Waals surface area contributed by atoms with Crippen molar-refractivity contribution in [2.45, 2.75) is 89.2 Å². The molecule has 0 aliphatic carbocycles. The first kappa shape index (κ1) is 45.7. The topological polar surface area (TPSA) is 201 Å². The van der Waals surface area contributed by atoms with Gasteiger partial charge in [0.25, 0.3) is 14.1 Å². The molecule has 1 aliphatic heterocycles. The lowest BCUT2D eigenvalue weighted by molar-refractivity contribution is -0.152. The van der Waals surface area contributed by atoms with Crippen LogP contribution in [0.3, 0.4) is 0 Å². The molecule has 0 radical (unpaired) electrons. The number of methoxy groups -OCH3 is 2. The van der Waals surface area contributed by atoms with Crippen molar-refractivity contribution in [3.05, 3.63) is 129 Å². The van der Waals surface area contributed by atoms with Gasteiger partial charge >= 0.3 is 17.6 Å². The molecule has 320 valence electrons. The Hall–Kier alpha value is -5.40. The molecule has 1 unspecified atom stereocenters. The summed E-state index contributed by atoms with van der Waals surface area (Å²) in [4.78, 5) is 52.6. The van der Waals surface area contributed by atoms with Crippen molar-refractivity contribution in [3.8, 4) is 17.6 Å². The largest absolute Gasteiger partial charge is 0.497 e. The molecule has 2 heterocycles. The molecule has 1 saturated heterocycles. The van der Waals surface area contributed by atoms with Crippen molar-refractivity contribution in [3.63, 3.8) is 0 Å². The van der Waals surface area contributed by atoms with Gasteiger partial charge in [-0.05, 0) is 68.7 Å². The van der Waals surface area contributed by atoms with Crippen LogP contribution < -0.4 is 20.7 Å². The SMILES string of the molecule is COc1ccc(C(O[C@H]2[C@H](OP(OCCC#N)N(C(C)C)C(C)C)[C@@H](COC(=O)CCC(=O)O)O[C@H]2n2ccc(=O)[nH]c2=O)(c2ccccc2)c2ccc(OC)cc2)cc1. The number of H-pyrrole nitrogens is 1. The van der Waals surface area contributed by atoms with Crippen molar-refractivity contribution >= 4 is 20.5 Å². The van der Waals surface area contributed by atoms with E-state index >= 15 is 0 Å². The Bertz CT molecular complexity index is 2120. The average Bonchev–Trinajstić information content (AvgIpc) is 3.56. The highest BCUT2D eigenvalue weighted by Crippen LogP contribution is 2.53. The monoisotopic (exact) mass is 846 g/mol. The van der Waals surface area contributed by atoms with Crippen LogP contribution in [0.25, 0.3) is 0 Å². The first-order valence-corrected chi connectivity index (χ1v) is 20.6. The Morgan fingerprint density at radius 3 is 1.98 bits per heavy atom. The Morgan fingerprint density at radius 1 is 0.883 bits per heavy atom. The average molecular weight is 847 g/mol. The summed E-state index contributed by atoms with van der Waals surface area (Å²) in [5, 5.41) is 18.7. The summed E-state index contributed by atoms with van der Waals surface area (Å²) >= 11 is 0. The number of rotatable bonds is 21. The summed E-state index contributed by atoms with van der Waals surface area (Å²) in [5.74, 6) is -0.791. The first-order chi connectivity index (χ1) is 28.8. The van der Waals surface area contributed by atoms with Gasteiger partial charge < -0.3 is 37.8 Å². The molecular weight excluding hydrogens is 795 g/mol. The van der Waals surface area contributed by atoms with Crippen LogP contribution in [-0.2, 0) is 38.4 Å². The van der Waals surface area contributed by atoms with Gasteiger partial charge in [-0.1, -0.05) is 54.6 Å². The highest BCUT2D eigenvalue weighted by atomic mass is 31.2. The second-order valence-electron chi connectivity index (χ2n) is 14.4. The van der Waals surface area contributed by atoms with E-state index in [1.807, 2.05) is 87.0 Å². The van der Waals surface area contributed by atoms with E-state index in [1.54, 1.807) is 38.5 Å². The van der Waals surface area contributed by atoms with E-state index in [0.717, 1.165) is 0 Å². The number of carboxylic acids is 1. The van der Waals surface area contributed by atoms with E-state index in [2.05, 4.69) is 11.1 Å². The minimum atomic E-state index is -2.01. The molecule has 1 aromatic heterocycles. The highest BCUT2D eigenvalue weighted by molar-refractivity contribution is 7.44. The van der Waals surface area contributed by atoms with Crippen molar-refractivity contribution < 1.29 is 47.4 Å². The van der Waals surface area contributed by atoms with Crippen molar-refractivity contribution in [1.82, 2.24) is 14.2 Å². The first-order valence-electron chi connectivity index (χ1n) is 19.4. The van der Waals surface area contributed by atoms with Crippen LogP contribution in [0.15, 0.2) is 101 Å². The molecule has 5 atom stereocenters. The minimum absolute atomic E-state index is 0.0283. The Morgan fingerprint density at radius 2 is 1.47 bits per heavy atom. The number of ether oxygens (including phenoxy) is 5. The fourth-order valence-electron chi connectivity index (χ4n) is 7.03. The summed E-state index contributed by atoms with van der Waals surface area (Å²) in [5.41, 5.74) is -0.976. The molecule has 0 amide bonds. The van der Waals surface area contributed by atoms with E-state index in [1.165, 1.54) is 16.8 Å². The zero-order valence-electron chi connectivity index (χ0n) is 34.4. The Labute approximate surface area is 349 Å². The Balaban J connectivity index is 1.79. The molecule has 17 heteroatoms. The van der Waals surface area contributed by atoms with Crippen molar-refractivity contribution in [2.24, 2.45) is 0 Å². The van der Waals surface area contributed by atoms with Crippen LogP contribution in [0.5, 0.6) is 11.5 Å². The standard InChI is InChI=1S/C43H51N4O12P/c1-28(2)47(29(3)4)60(56-26-10-24-44)59-39-35(27-55-38(51)22-21-37(49)50)57-41(46-25-23-36(48)45-42(46)52)40(39)58-43(30-11-8-7-9-12-30,31-13-17-33(53-5)18-14-31)32-15-19-34(54-6)20-16-32/h7-9,11-20,23,25,28-29,35,39-41H,10,21-22,26-27H2,1-6H3,(H,49,50)(H,45,48,52)/t35-,39-,40+,41-,60?/m1/s1. The number of nitriles is 1. The normalized spacial score (nSPS) is 18.3. The number of aromatic nitrogens is 2. The predicted molar refractivity (Wildman–Crippen MR) is 220 cm³/mol. The number of aromatic amines is 1. The number of aliphatic carboxylic acids is 1. The van der Waals surface area contributed by atoms with Gasteiger partial charge in [0.2, 0.25) is 0 Å². The van der Waals surface area contributed by atoms with Gasteiger partial charge in [-0.3, -0.25) is 23.9 Å². The maximum atomic E-state index is 13.7. The second kappa shape index (κ2) is 21.2. The van der Waals surface area contributed by atoms with Gasteiger partial charge in [-0.25, -0.2) is 9.46 Å². The number of carboxylic acid groups (broad SMARTS) is 1. The maximum Gasteiger partial charge on any atom is 0.330 e. The fraction of sp³-hybridized carbons (Fsp3) is 0.419. The molecule has 60 heavy (non-hydrogen) atoms. The van der Waals surface area contributed by atoms with E-state index < -0.39 is 81.3 Å². The van der Waals surface area contributed by atoms with E-state index in [-0.39, 0.29) is 25.1 Å². The third-order valence-corrected chi connectivity index (χ3v) is 11.9. The highest BCUT2D eigenvalue weighted by Gasteiger charge is 2.54. The lowest BCUT2D eigenvalue weighted by atomic mass is 9.79. The summed E-state index contributed by atoms with van der Waals surface area (Å²) in [7, 11) is 1.11. The number of hydrogen-bond donors (Lipinski definition) is 2. The number of esters is 1. The molecule has 4 aromatic rings. The van der Waals surface area contributed by atoms with E-state index in [4.69, 9.17) is 32.7 Å². The van der Waals surface area contributed by atoms with Gasteiger partial charge in [0.15, 0.2) is 6.23 Å². The van der Waals surface area contributed by atoms with Gasteiger partial charge in [0.1, 0.15) is 42.0 Å². The molecule has 16 nitrogen and oxygen atoms in total. The van der Waals surface area contributed by atoms with Gasteiger partial charge in [0.05, 0.1) is 46.2 Å². The molecule has 3 aromatic carbocycles. The number of nitrogens with zero attached hydrogens (tertiary/aromatic N) is 3. The van der Waals surface area contributed by atoms with Gasteiger partial charge in [0, 0.05) is 24.3 Å². The van der Waals surface area contributed by atoms with Crippen LogP contribution in [0.2, 0.25) is 0 Å². The van der Waals surface area contributed by atoms with Crippen LogP contribution in [0.1, 0.15) is 69.9 Å². The lowest BCUT2D eigenvalue weighted by Crippen LogP contribution is -2.47. The summed E-state index contributed by atoms with van der Waals surface area (Å²) in [6.07, 6.45) is -4.43. The number of hydrogen-bond acceptors (Lipinski definition) is 13. The fourth-order valence-corrected chi connectivity index (χ4v) is 8.80. The minimum Gasteiger partial charge on any atom is -0.497 e. The van der Waals surface area contributed by atoms with Crippen molar-refractivity contribution in [2.75, 3.05) is 27.4 Å². The quantitative estimate of drug-likeness (QED) is 0.0435. The van der Waals surface area contributed by atoms with Crippen LogP contribution >= 0.6 is 8.53 Å². The summed E-state index contributed by atoms with van der Waals surface area (Å²) in [6.45, 7) is 7.49.